The third-order valence-corrected chi connectivity index (χ3v) is 4.99. The summed E-state index contributed by atoms with van der Waals surface area (Å²) in [5, 5.41) is 2.88. The van der Waals surface area contributed by atoms with Crippen LogP contribution in [0.3, 0.4) is 0 Å². The van der Waals surface area contributed by atoms with E-state index in [4.69, 9.17) is 13.9 Å². The largest absolute Gasteiger partial charge is 0.493 e. The Labute approximate surface area is 180 Å². The average molecular weight is 421 g/mol. The number of anilines is 1. The molecular weight excluding hydrogens is 398 g/mol. The van der Waals surface area contributed by atoms with Gasteiger partial charge in [-0.15, -0.1) is 0 Å². The van der Waals surface area contributed by atoms with E-state index < -0.39 is 0 Å². The van der Waals surface area contributed by atoms with Gasteiger partial charge >= 0.3 is 6.03 Å². The van der Waals surface area contributed by atoms with Crippen LogP contribution in [0.5, 0.6) is 17.2 Å². The van der Waals surface area contributed by atoms with Crippen molar-refractivity contribution in [1.29, 1.82) is 0 Å². The average Bonchev–Trinajstić information content (AvgIpc) is 3.35. The van der Waals surface area contributed by atoms with E-state index in [0.717, 1.165) is 0 Å². The van der Waals surface area contributed by atoms with Crippen molar-refractivity contribution in [3.8, 4) is 17.2 Å². The highest BCUT2D eigenvalue weighted by molar-refractivity contribution is 5.92. The van der Waals surface area contributed by atoms with Gasteiger partial charge in [-0.2, -0.15) is 0 Å². The zero-order valence-corrected chi connectivity index (χ0v) is 17.1. The normalized spacial score (nSPS) is 13.6. The van der Waals surface area contributed by atoms with Crippen molar-refractivity contribution in [1.82, 2.24) is 9.80 Å². The van der Waals surface area contributed by atoms with Gasteiger partial charge in [0.05, 0.1) is 13.4 Å². The molecule has 0 bridgehead atoms. The van der Waals surface area contributed by atoms with Gasteiger partial charge in [-0.05, 0) is 48.5 Å². The van der Waals surface area contributed by atoms with E-state index in [2.05, 4.69) is 5.32 Å². The Hall–Kier alpha value is -3.94. The predicted octanol–water partition coefficient (Wildman–Crippen LogP) is 4.07. The van der Waals surface area contributed by atoms with Crippen LogP contribution in [-0.4, -0.2) is 55.0 Å². The first-order valence-corrected chi connectivity index (χ1v) is 9.93. The zero-order valence-electron chi connectivity index (χ0n) is 17.1. The van der Waals surface area contributed by atoms with Gasteiger partial charge in [0, 0.05) is 31.9 Å². The van der Waals surface area contributed by atoms with Crippen molar-refractivity contribution in [2.45, 2.75) is 0 Å². The summed E-state index contributed by atoms with van der Waals surface area (Å²) in [6.07, 6.45) is 1.48. The molecule has 3 aromatic rings. The fourth-order valence-corrected chi connectivity index (χ4v) is 3.31. The second-order valence-corrected chi connectivity index (χ2v) is 6.96. The van der Waals surface area contributed by atoms with Crippen LogP contribution in [0.1, 0.15) is 10.6 Å². The molecule has 2 heterocycles. The van der Waals surface area contributed by atoms with Crippen LogP contribution in [0.4, 0.5) is 10.5 Å². The molecule has 0 radical (unpaired) electrons. The molecule has 8 nitrogen and oxygen atoms in total. The molecule has 8 heteroatoms. The van der Waals surface area contributed by atoms with Crippen LogP contribution < -0.4 is 14.8 Å². The van der Waals surface area contributed by atoms with E-state index in [1.54, 1.807) is 53.3 Å². The van der Waals surface area contributed by atoms with E-state index in [0.29, 0.717) is 54.9 Å². The first-order chi connectivity index (χ1) is 15.1. The fourth-order valence-electron chi connectivity index (χ4n) is 3.31. The number of nitrogens with zero attached hydrogens (tertiary/aromatic N) is 2. The summed E-state index contributed by atoms with van der Waals surface area (Å²) >= 11 is 0. The molecule has 3 amide bonds. The van der Waals surface area contributed by atoms with Crippen molar-refractivity contribution in [2.75, 3.05) is 38.6 Å². The number of urea groups is 1. The molecule has 0 saturated carbocycles. The summed E-state index contributed by atoms with van der Waals surface area (Å²) < 4.78 is 16.3. The lowest BCUT2D eigenvalue weighted by Gasteiger charge is -2.34. The highest BCUT2D eigenvalue weighted by atomic mass is 16.5. The van der Waals surface area contributed by atoms with Crippen molar-refractivity contribution >= 4 is 17.6 Å². The quantitative estimate of drug-likeness (QED) is 0.671. The van der Waals surface area contributed by atoms with Crippen LogP contribution in [0.15, 0.2) is 71.3 Å². The predicted molar refractivity (Wildman–Crippen MR) is 115 cm³/mol. The first-order valence-electron chi connectivity index (χ1n) is 9.93. The minimum Gasteiger partial charge on any atom is -0.493 e. The van der Waals surface area contributed by atoms with Crippen LogP contribution in [0.2, 0.25) is 0 Å². The summed E-state index contributed by atoms with van der Waals surface area (Å²) in [5.41, 5.74) is 0.659. The number of carbonyl (C=O) groups is 2. The maximum Gasteiger partial charge on any atom is 0.321 e. The number of amides is 3. The molecule has 1 aliphatic rings. The zero-order chi connectivity index (χ0) is 21.6. The molecule has 1 aliphatic heterocycles. The van der Waals surface area contributed by atoms with Gasteiger partial charge in [-0.3, -0.25) is 4.79 Å². The van der Waals surface area contributed by atoms with Gasteiger partial charge in [0.15, 0.2) is 17.3 Å². The molecule has 0 unspecified atom stereocenters. The second kappa shape index (κ2) is 9.25. The molecule has 0 aliphatic carbocycles. The lowest BCUT2D eigenvalue weighted by atomic mass is 10.2. The highest BCUT2D eigenvalue weighted by Crippen LogP contribution is 2.31. The Morgan fingerprint density at radius 1 is 0.871 bits per heavy atom. The molecule has 1 fully saturated rings. The van der Waals surface area contributed by atoms with E-state index >= 15 is 0 Å². The third-order valence-electron chi connectivity index (χ3n) is 4.99. The molecule has 1 saturated heterocycles. The lowest BCUT2D eigenvalue weighted by Crippen LogP contribution is -2.51. The van der Waals surface area contributed by atoms with E-state index in [1.807, 2.05) is 24.3 Å². The van der Waals surface area contributed by atoms with Gasteiger partial charge in [-0.25, -0.2) is 4.79 Å². The molecule has 4 rings (SSSR count). The van der Waals surface area contributed by atoms with E-state index in [-0.39, 0.29) is 11.9 Å². The van der Waals surface area contributed by atoms with Crippen LogP contribution in [-0.2, 0) is 0 Å². The van der Waals surface area contributed by atoms with Crippen molar-refractivity contribution in [3.05, 3.63) is 72.7 Å². The number of rotatable bonds is 5. The smallest absolute Gasteiger partial charge is 0.321 e. The van der Waals surface area contributed by atoms with Crippen molar-refractivity contribution < 1.29 is 23.5 Å². The third kappa shape index (κ3) is 4.80. The highest BCUT2D eigenvalue weighted by Gasteiger charge is 2.26. The standard InChI is InChI=1S/C23H23N3O5/c1-29-19-5-2-3-6-20(19)31-18-10-8-17(9-11-18)24-23(28)26-14-12-25(13-15-26)22(27)21-7-4-16-30-21/h2-11,16H,12-15H2,1H3,(H,24,28). The van der Waals surface area contributed by atoms with Gasteiger partial charge in [0.2, 0.25) is 0 Å². The monoisotopic (exact) mass is 421 g/mol. The van der Waals surface area contributed by atoms with Gasteiger partial charge < -0.3 is 29.0 Å². The van der Waals surface area contributed by atoms with Crippen molar-refractivity contribution in [3.63, 3.8) is 0 Å². The summed E-state index contributed by atoms with van der Waals surface area (Å²) in [6.45, 7) is 1.82. The number of hydrogen-bond donors (Lipinski definition) is 1. The fraction of sp³-hybridized carbons (Fsp3) is 0.217. The number of methoxy groups -OCH3 is 1. The Kier molecular flexibility index (Phi) is 6.07. The number of furan rings is 1. The number of para-hydroxylation sites is 2. The van der Waals surface area contributed by atoms with Gasteiger partial charge in [0.25, 0.3) is 5.91 Å². The Morgan fingerprint density at radius 2 is 1.55 bits per heavy atom. The Balaban J connectivity index is 1.29. The number of benzene rings is 2. The Morgan fingerprint density at radius 3 is 2.19 bits per heavy atom. The number of nitrogens with one attached hydrogen (secondary N) is 1. The minimum atomic E-state index is -0.205. The molecule has 1 aromatic heterocycles. The summed E-state index contributed by atoms with van der Waals surface area (Å²) in [5.74, 6) is 2.05. The summed E-state index contributed by atoms with van der Waals surface area (Å²) in [7, 11) is 1.59. The summed E-state index contributed by atoms with van der Waals surface area (Å²) in [4.78, 5) is 28.3. The topological polar surface area (TPSA) is 84.3 Å². The molecular formula is C23H23N3O5. The molecule has 2 aromatic carbocycles. The van der Waals surface area contributed by atoms with E-state index in [9.17, 15) is 9.59 Å². The minimum absolute atomic E-state index is 0.157. The van der Waals surface area contributed by atoms with Crippen LogP contribution in [0, 0.1) is 0 Å². The summed E-state index contributed by atoms with van der Waals surface area (Å²) in [6, 6.07) is 17.6. The lowest BCUT2D eigenvalue weighted by molar-refractivity contribution is 0.0640. The SMILES string of the molecule is COc1ccccc1Oc1ccc(NC(=O)N2CCN(C(=O)c3ccco3)CC2)cc1. The molecule has 31 heavy (non-hydrogen) atoms. The Bertz CT molecular complexity index is 1030. The maximum absolute atomic E-state index is 12.6. The molecule has 160 valence electrons. The number of piperazine rings is 1. The van der Waals surface area contributed by atoms with E-state index in [1.165, 1.54) is 6.26 Å². The molecule has 0 atom stereocenters. The number of carbonyl (C=O) groups excluding carboxylic acids is 2. The second-order valence-electron chi connectivity index (χ2n) is 6.96. The van der Waals surface area contributed by atoms with Gasteiger partial charge in [-0.1, -0.05) is 12.1 Å². The molecule has 0 spiro atoms. The number of ether oxygens (including phenoxy) is 2. The molecule has 1 N–H and O–H groups in total. The van der Waals surface area contributed by atoms with Crippen LogP contribution in [0.25, 0.3) is 0 Å². The number of hydrogen-bond acceptors (Lipinski definition) is 5. The first kappa shape index (κ1) is 20.3. The van der Waals surface area contributed by atoms with Crippen LogP contribution >= 0.6 is 0 Å². The maximum atomic E-state index is 12.6. The van der Waals surface area contributed by atoms with Crippen molar-refractivity contribution in [2.24, 2.45) is 0 Å². The van der Waals surface area contributed by atoms with Gasteiger partial charge in [0.1, 0.15) is 5.75 Å².